The number of amides is 1. The van der Waals surface area contributed by atoms with Crippen molar-refractivity contribution < 1.29 is 14.3 Å². The third kappa shape index (κ3) is 4.58. The molecule has 3 rings (SSSR count). The van der Waals surface area contributed by atoms with Gasteiger partial charge in [0, 0.05) is 23.1 Å². The second-order valence-electron chi connectivity index (χ2n) is 5.70. The molecule has 1 aliphatic rings. The molecule has 1 heterocycles. The summed E-state index contributed by atoms with van der Waals surface area (Å²) in [5, 5.41) is 0. The lowest BCUT2D eigenvalue weighted by Gasteiger charge is -2.27. The van der Waals surface area contributed by atoms with Crippen LogP contribution in [0.4, 0.5) is 0 Å². The van der Waals surface area contributed by atoms with Gasteiger partial charge in [-0.2, -0.15) is 0 Å². The number of hydrogen-bond donors (Lipinski definition) is 0. The molecule has 0 unspecified atom stereocenters. The van der Waals surface area contributed by atoms with E-state index in [2.05, 4.69) is 15.9 Å². The molecule has 0 radical (unpaired) electrons. The summed E-state index contributed by atoms with van der Waals surface area (Å²) < 4.78 is 12.2. The Morgan fingerprint density at radius 3 is 2.62 bits per heavy atom. The van der Waals surface area contributed by atoms with Crippen LogP contribution in [0.15, 0.2) is 53.0 Å². The highest BCUT2D eigenvalue weighted by atomic mass is 79.9. The maximum absolute atomic E-state index is 12.5. The van der Waals surface area contributed by atoms with Crippen molar-refractivity contribution in [2.45, 2.75) is 13.0 Å². The van der Waals surface area contributed by atoms with Gasteiger partial charge in [-0.3, -0.25) is 4.79 Å². The predicted molar refractivity (Wildman–Crippen MR) is 96.0 cm³/mol. The zero-order valence-corrected chi connectivity index (χ0v) is 15.0. The number of halogens is 1. The number of morpholine rings is 1. The van der Waals surface area contributed by atoms with Gasteiger partial charge in [0.15, 0.2) is 0 Å². The standard InChI is InChI=1S/C19H20BrNO3/c20-17-6-7-18(24-14-15-4-2-1-3-5-15)16(12-17)13-19(22)21-8-10-23-11-9-21/h1-7,12H,8-11,13-14H2. The molecule has 1 aliphatic heterocycles. The van der Waals surface area contributed by atoms with Gasteiger partial charge in [0.2, 0.25) is 5.91 Å². The van der Waals surface area contributed by atoms with E-state index in [1.165, 1.54) is 0 Å². The molecule has 1 fully saturated rings. The van der Waals surface area contributed by atoms with Crippen molar-refractivity contribution in [2.24, 2.45) is 0 Å². The van der Waals surface area contributed by atoms with Crippen molar-refractivity contribution in [1.82, 2.24) is 4.90 Å². The quantitative estimate of drug-likeness (QED) is 0.785. The fourth-order valence-electron chi connectivity index (χ4n) is 2.65. The molecule has 0 saturated carbocycles. The van der Waals surface area contributed by atoms with E-state index in [-0.39, 0.29) is 5.91 Å². The number of carbonyl (C=O) groups excluding carboxylic acids is 1. The lowest BCUT2D eigenvalue weighted by molar-refractivity contribution is -0.134. The van der Waals surface area contributed by atoms with Crippen molar-refractivity contribution in [1.29, 1.82) is 0 Å². The normalized spacial score (nSPS) is 14.5. The first-order chi connectivity index (χ1) is 11.7. The Hall–Kier alpha value is -1.85. The van der Waals surface area contributed by atoms with Gasteiger partial charge in [-0.25, -0.2) is 0 Å². The Morgan fingerprint density at radius 1 is 1.12 bits per heavy atom. The molecule has 0 atom stereocenters. The highest BCUT2D eigenvalue weighted by molar-refractivity contribution is 9.10. The summed E-state index contributed by atoms with van der Waals surface area (Å²) in [6.45, 7) is 3.03. The van der Waals surface area contributed by atoms with E-state index in [9.17, 15) is 4.79 Å². The first-order valence-electron chi connectivity index (χ1n) is 8.03. The average Bonchev–Trinajstić information content (AvgIpc) is 2.62. The molecule has 0 aliphatic carbocycles. The van der Waals surface area contributed by atoms with Crippen molar-refractivity contribution in [3.8, 4) is 5.75 Å². The molecule has 0 spiro atoms. The van der Waals surface area contributed by atoms with E-state index in [0.29, 0.717) is 39.3 Å². The molecule has 0 N–H and O–H groups in total. The van der Waals surface area contributed by atoms with Gasteiger partial charge in [0.1, 0.15) is 12.4 Å². The highest BCUT2D eigenvalue weighted by Gasteiger charge is 2.19. The summed E-state index contributed by atoms with van der Waals surface area (Å²) >= 11 is 3.48. The molecule has 1 amide bonds. The molecule has 4 nitrogen and oxygen atoms in total. The molecule has 1 saturated heterocycles. The smallest absolute Gasteiger partial charge is 0.227 e. The molecule has 2 aromatic carbocycles. The zero-order valence-electron chi connectivity index (χ0n) is 13.4. The number of carbonyl (C=O) groups is 1. The first-order valence-corrected chi connectivity index (χ1v) is 8.82. The summed E-state index contributed by atoms with van der Waals surface area (Å²) in [6, 6.07) is 15.8. The van der Waals surface area contributed by atoms with E-state index in [1.807, 2.05) is 53.4 Å². The van der Waals surface area contributed by atoms with Crippen LogP contribution in [0.5, 0.6) is 5.75 Å². The van der Waals surface area contributed by atoms with Gasteiger partial charge in [0.05, 0.1) is 19.6 Å². The molecule has 2 aromatic rings. The maximum Gasteiger partial charge on any atom is 0.227 e. The van der Waals surface area contributed by atoms with Crippen LogP contribution in [0, 0.1) is 0 Å². The SMILES string of the molecule is O=C(Cc1cc(Br)ccc1OCc1ccccc1)N1CCOCC1. The minimum absolute atomic E-state index is 0.112. The number of hydrogen-bond acceptors (Lipinski definition) is 3. The summed E-state index contributed by atoms with van der Waals surface area (Å²) in [7, 11) is 0. The molecule has 126 valence electrons. The van der Waals surface area contributed by atoms with Crippen LogP contribution in [-0.4, -0.2) is 37.1 Å². The second kappa shape index (κ2) is 8.31. The van der Waals surface area contributed by atoms with Crippen LogP contribution in [0.2, 0.25) is 0 Å². The minimum atomic E-state index is 0.112. The summed E-state index contributed by atoms with van der Waals surface area (Å²) in [4.78, 5) is 14.4. The van der Waals surface area contributed by atoms with Crippen molar-refractivity contribution in [3.63, 3.8) is 0 Å². The average molecular weight is 390 g/mol. The fraction of sp³-hybridized carbons (Fsp3) is 0.316. The first kappa shape index (κ1) is 17.0. The van der Waals surface area contributed by atoms with Gasteiger partial charge < -0.3 is 14.4 Å². The summed E-state index contributed by atoms with van der Waals surface area (Å²) in [5.74, 6) is 0.865. The van der Waals surface area contributed by atoms with Crippen LogP contribution in [0.25, 0.3) is 0 Å². The minimum Gasteiger partial charge on any atom is -0.489 e. The van der Waals surface area contributed by atoms with E-state index < -0.39 is 0 Å². The summed E-state index contributed by atoms with van der Waals surface area (Å²) in [5.41, 5.74) is 2.00. The van der Waals surface area contributed by atoms with Gasteiger partial charge >= 0.3 is 0 Å². The number of nitrogens with zero attached hydrogens (tertiary/aromatic N) is 1. The monoisotopic (exact) mass is 389 g/mol. The summed E-state index contributed by atoms with van der Waals surface area (Å²) in [6.07, 6.45) is 0.337. The third-order valence-corrected chi connectivity index (χ3v) is 4.46. The van der Waals surface area contributed by atoms with Crippen LogP contribution in [0.3, 0.4) is 0 Å². The Morgan fingerprint density at radius 2 is 1.88 bits per heavy atom. The van der Waals surface area contributed by atoms with Gasteiger partial charge in [0.25, 0.3) is 0 Å². The van der Waals surface area contributed by atoms with E-state index in [0.717, 1.165) is 21.3 Å². The van der Waals surface area contributed by atoms with Crippen LogP contribution in [0.1, 0.15) is 11.1 Å². The molecule has 24 heavy (non-hydrogen) atoms. The van der Waals surface area contributed by atoms with Gasteiger partial charge in [-0.15, -0.1) is 0 Å². The van der Waals surface area contributed by atoms with Crippen LogP contribution < -0.4 is 4.74 Å². The lowest BCUT2D eigenvalue weighted by atomic mass is 10.1. The number of ether oxygens (including phenoxy) is 2. The Labute approximate surface area is 150 Å². The third-order valence-electron chi connectivity index (χ3n) is 3.97. The predicted octanol–water partition coefficient (Wildman–Crippen LogP) is 3.43. The Kier molecular flexibility index (Phi) is 5.88. The van der Waals surface area contributed by atoms with Crippen molar-refractivity contribution in [3.05, 3.63) is 64.1 Å². The number of benzene rings is 2. The van der Waals surface area contributed by atoms with Gasteiger partial charge in [-0.1, -0.05) is 46.3 Å². The second-order valence-corrected chi connectivity index (χ2v) is 6.61. The van der Waals surface area contributed by atoms with Crippen LogP contribution >= 0.6 is 15.9 Å². The van der Waals surface area contributed by atoms with Crippen molar-refractivity contribution in [2.75, 3.05) is 26.3 Å². The van der Waals surface area contributed by atoms with E-state index >= 15 is 0 Å². The molecular formula is C19H20BrNO3. The van der Waals surface area contributed by atoms with Crippen molar-refractivity contribution >= 4 is 21.8 Å². The van der Waals surface area contributed by atoms with E-state index in [1.54, 1.807) is 0 Å². The zero-order chi connectivity index (χ0) is 16.8. The molecular weight excluding hydrogens is 370 g/mol. The topological polar surface area (TPSA) is 38.8 Å². The van der Waals surface area contributed by atoms with E-state index in [4.69, 9.17) is 9.47 Å². The molecule has 5 heteroatoms. The maximum atomic E-state index is 12.5. The van der Waals surface area contributed by atoms with Gasteiger partial charge in [-0.05, 0) is 23.8 Å². The Bertz CT molecular complexity index is 684. The Balaban J connectivity index is 1.69. The highest BCUT2D eigenvalue weighted by Crippen LogP contribution is 2.25. The lowest BCUT2D eigenvalue weighted by Crippen LogP contribution is -2.41. The van der Waals surface area contributed by atoms with Crippen LogP contribution in [-0.2, 0) is 22.6 Å². The fourth-order valence-corrected chi connectivity index (χ4v) is 3.06. The number of rotatable bonds is 5. The molecule has 0 aromatic heterocycles. The largest absolute Gasteiger partial charge is 0.489 e. The molecule has 0 bridgehead atoms.